The number of halogens is 3. The van der Waals surface area contributed by atoms with Gasteiger partial charge in [-0.05, 0) is 25.5 Å². The number of alkyl halides is 3. The molecule has 0 bridgehead atoms. The topological polar surface area (TPSA) is 61.5 Å². The number of nitrogens with two attached hydrogens (primary N) is 1. The van der Waals surface area contributed by atoms with Gasteiger partial charge < -0.3 is 15.2 Å². The molecule has 4 nitrogen and oxygen atoms in total. The van der Waals surface area contributed by atoms with Gasteiger partial charge in [0.2, 0.25) is 0 Å². The van der Waals surface area contributed by atoms with E-state index in [0.717, 1.165) is 0 Å². The van der Waals surface area contributed by atoms with Gasteiger partial charge in [0, 0.05) is 6.42 Å². The number of rotatable bonds is 6. The highest BCUT2D eigenvalue weighted by Crippen LogP contribution is 2.27. The molecule has 0 aliphatic rings. The van der Waals surface area contributed by atoms with Crippen LogP contribution >= 0.6 is 0 Å². The largest absolute Gasteiger partial charge is 0.491 e. The quantitative estimate of drug-likeness (QED) is 0.497. The second kappa shape index (κ2) is 7.02. The Kier molecular flexibility index (Phi) is 5.66. The highest BCUT2D eigenvalue weighted by Gasteiger charge is 2.26. The summed E-state index contributed by atoms with van der Waals surface area (Å²) in [6.07, 6.45) is -5.31. The minimum Gasteiger partial charge on any atom is -0.491 e. The van der Waals surface area contributed by atoms with Crippen molar-refractivity contribution in [3.63, 3.8) is 0 Å². The summed E-state index contributed by atoms with van der Waals surface area (Å²) in [5.41, 5.74) is 5.94. The monoisotopic (exact) mass is 291 g/mol. The number of para-hydroxylation sites is 1. The van der Waals surface area contributed by atoms with Crippen LogP contribution in [0.4, 0.5) is 18.9 Å². The Labute approximate surface area is 114 Å². The Hall–Kier alpha value is -1.92. The van der Waals surface area contributed by atoms with E-state index in [-0.39, 0.29) is 36.6 Å². The van der Waals surface area contributed by atoms with Crippen LogP contribution < -0.4 is 10.5 Å². The van der Waals surface area contributed by atoms with E-state index in [4.69, 9.17) is 15.2 Å². The highest BCUT2D eigenvalue weighted by atomic mass is 19.4. The molecule has 1 aromatic rings. The minimum atomic E-state index is -4.21. The molecule has 0 aliphatic carbocycles. The predicted octanol–water partition coefficient (Wildman–Crippen LogP) is 3.17. The maximum Gasteiger partial charge on any atom is 0.389 e. The number of carbonyl (C=O) groups excluding carboxylic acids is 1. The predicted molar refractivity (Wildman–Crippen MR) is 67.6 cm³/mol. The van der Waals surface area contributed by atoms with Crippen LogP contribution in [-0.4, -0.2) is 25.4 Å². The van der Waals surface area contributed by atoms with E-state index in [0.29, 0.717) is 0 Å². The van der Waals surface area contributed by atoms with E-state index in [1.165, 1.54) is 18.2 Å². The van der Waals surface area contributed by atoms with Crippen LogP contribution in [-0.2, 0) is 4.74 Å². The van der Waals surface area contributed by atoms with E-state index in [1.54, 1.807) is 6.92 Å². The van der Waals surface area contributed by atoms with Crippen molar-refractivity contribution in [3.05, 3.63) is 23.8 Å². The first kappa shape index (κ1) is 16.1. The Morgan fingerprint density at radius 1 is 1.35 bits per heavy atom. The SMILES string of the molecule is CCOC(=O)c1cccc(OCCCC(F)(F)F)c1N. The molecule has 0 saturated carbocycles. The third-order valence-corrected chi connectivity index (χ3v) is 2.42. The molecule has 0 saturated heterocycles. The summed E-state index contributed by atoms with van der Waals surface area (Å²) in [4.78, 5) is 11.6. The zero-order chi connectivity index (χ0) is 15.2. The first-order valence-electron chi connectivity index (χ1n) is 6.10. The number of hydrogen-bond acceptors (Lipinski definition) is 4. The van der Waals surface area contributed by atoms with Crippen LogP contribution in [0.3, 0.4) is 0 Å². The van der Waals surface area contributed by atoms with Gasteiger partial charge in [0.15, 0.2) is 0 Å². The molecule has 0 atom stereocenters. The van der Waals surface area contributed by atoms with Gasteiger partial charge in [-0.3, -0.25) is 0 Å². The number of benzene rings is 1. The molecule has 0 fully saturated rings. The van der Waals surface area contributed by atoms with Gasteiger partial charge in [0.25, 0.3) is 0 Å². The van der Waals surface area contributed by atoms with Gasteiger partial charge in [-0.25, -0.2) is 4.79 Å². The average molecular weight is 291 g/mol. The second-order valence-corrected chi connectivity index (χ2v) is 4.01. The zero-order valence-electron chi connectivity index (χ0n) is 11.0. The maximum atomic E-state index is 12.0. The van der Waals surface area contributed by atoms with Gasteiger partial charge in [-0.15, -0.1) is 0 Å². The van der Waals surface area contributed by atoms with E-state index in [2.05, 4.69) is 0 Å². The summed E-state index contributed by atoms with van der Waals surface area (Å²) in [5, 5.41) is 0. The highest BCUT2D eigenvalue weighted by molar-refractivity contribution is 5.96. The molecule has 0 spiro atoms. The molecular weight excluding hydrogens is 275 g/mol. The smallest absolute Gasteiger partial charge is 0.389 e. The molecule has 0 heterocycles. The van der Waals surface area contributed by atoms with Gasteiger partial charge >= 0.3 is 12.1 Å². The Balaban J connectivity index is 2.63. The fourth-order valence-corrected chi connectivity index (χ4v) is 1.51. The summed E-state index contributed by atoms with van der Waals surface area (Å²) in [7, 11) is 0. The number of hydrogen-bond donors (Lipinski definition) is 1. The van der Waals surface area contributed by atoms with Gasteiger partial charge in [0.05, 0.1) is 24.5 Å². The first-order valence-corrected chi connectivity index (χ1v) is 6.10. The molecule has 0 aromatic heterocycles. The van der Waals surface area contributed by atoms with Crippen molar-refractivity contribution in [2.45, 2.75) is 25.9 Å². The number of esters is 1. The zero-order valence-corrected chi connectivity index (χ0v) is 11.0. The lowest BCUT2D eigenvalue weighted by atomic mass is 10.1. The molecule has 2 N–H and O–H groups in total. The third kappa shape index (κ3) is 4.99. The summed E-state index contributed by atoms with van der Waals surface area (Å²) < 4.78 is 45.9. The number of nitrogen functional groups attached to an aromatic ring is 1. The lowest BCUT2D eigenvalue weighted by Crippen LogP contribution is -2.12. The Morgan fingerprint density at radius 2 is 2.05 bits per heavy atom. The summed E-state index contributed by atoms with van der Waals surface area (Å²) in [5.74, 6) is -0.413. The summed E-state index contributed by atoms with van der Waals surface area (Å²) >= 11 is 0. The van der Waals surface area contributed by atoms with Crippen molar-refractivity contribution in [3.8, 4) is 5.75 Å². The Bertz CT molecular complexity index is 461. The first-order chi connectivity index (χ1) is 9.35. The van der Waals surface area contributed by atoms with Crippen molar-refractivity contribution >= 4 is 11.7 Å². The van der Waals surface area contributed by atoms with Crippen LogP contribution in [0, 0.1) is 0 Å². The van der Waals surface area contributed by atoms with Crippen molar-refractivity contribution in [2.24, 2.45) is 0 Å². The van der Waals surface area contributed by atoms with Crippen LogP contribution in [0.15, 0.2) is 18.2 Å². The van der Waals surface area contributed by atoms with Crippen molar-refractivity contribution in [1.29, 1.82) is 0 Å². The fraction of sp³-hybridized carbons (Fsp3) is 0.462. The molecule has 1 aromatic carbocycles. The van der Waals surface area contributed by atoms with Gasteiger partial charge in [-0.1, -0.05) is 6.07 Å². The van der Waals surface area contributed by atoms with Crippen LogP contribution in [0.5, 0.6) is 5.75 Å². The summed E-state index contributed by atoms with van der Waals surface area (Å²) in [6.45, 7) is 1.73. The number of ether oxygens (including phenoxy) is 2. The normalized spacial score (nSPS) is 11.2. The molecule has 0 amide bonds. The molecule has 1 rings (SSSR count). The molecule has 112 valence electrons. The minimum absolute atomic E-state index is 0.0676. The van der Waals surface area contributed by atoms with E-state index >= 15 is 0 Å². The van der Waals surface area contributed by atoms with Gasteiger partial charge in [-0.2, -0.15) is 13.2 Å². The molecular formula is C13H16F3NO3. The van der Waals surface area contributed by atoms with Crippen LogP contribution in [0.2, 0.25) is 0 Å². The third-order valence-electron chi connectivity index (χ3n) is 2.42. The lowest BCUT2D eigenvalue weighted by molar-refractivity contribution is -0.136. The molecule has 0 aliphatic heterocycles. The second-order valence-electron chi connectivity index (χ2n) is 4.01. The summed E-state index contributed by atoms with van der Waals surface area (Å²) in [6, 6.07) is 4.49. The van der Waals surface area contributed by atoms with Crippen LogP contribution in [0.25, 0.3) is 0 Å². The standard InChI is InChI=1S/C13H16F3NO3/c1-2-19-12(18)9-5-3-6-10(11(9)17)20-8-4-7-13(14,15)16/h3,5-6H,2,4,7-8,17H2,1H3. The molecule has 0 unspecified atom stereocenters. The van der Waals surface area contributed by atoms with Gasteiger partial charge in [0.1, 0.15) is 5.75 Å². The van der Waals surface area contributed by atoms with E-state index in [1.807, 2.05) is 0 Å². The fourth-order valence-electron chi connectivity index (χ4n) is 1.51. The van der Waals surface area contributed by atoms with E-state index < -0.39 is 18.6 Å². The Morgan fingerprint density at radius 3 is 2.65 bits per heavy atom. The molecule has 7 heteroatoms. The van der Waals surface area contributed by atoms with Crippen molar-refractivity contribution < 1.29 is 27.4 Å². The van der Waals surface area contributed by atoms with E-state index in [9.17, 15) is 18.0 Å². The number of anilines is 1. The van der Waals surface area contributed by atoms with Crippen molar-refractivity contribution in [1.82, 2.24) is 0 Å². The number of carbonyl (C=O) groups is 1. The van der Waals surface area contributed by atoms with Crippen molar-refractivity contribution in [2.75, 3.05) is 18.9 Å². The molecule has 20 heavy (non-hydrogen) atoms. The van der Waals surface area contributed by atoms with Crippen LogP contribution in [0.1, 0.15) is 30.1 Å². The maximum absolute atomic E-state index is 12.0. The molecule has 0 radical (unpaired) electrons. The lowest BCUT2D eigenvalue weighted by Gasteiger charge is -2.12. The average Bonchev–Trinajstić information content (AvgIpc) is 2.35.